The van der Waals surface area contributed by atoms with E-state index in [0.717, 1.165) is 18.6 Å². The van der Waals surface area contributed by atoms with Crippen molar-refractivity contribution in [3.05, 3.63) is 29.3 Å². The number of carbonyl (C=O) groups is 1. The van der Waals surface area contributed by atoms with Crippen molar-refractivity contribution in [1.82, 2.24) is 0 Å². The Balaban J connectivity index is 2.78. The third kappa shape index (κ3) is 4.58. The van der Waals surface area contributed by atoms with Gasteiger partial charge in [-0.1, -0.05) is 32.9 Å². The summed E-state index contributed by atoms with van der Waals surface area (Å²) in [5.74, 6) is 0.772. The largest absolute Gasteiger partial charge is 0.496 e. The first-order valence-corrected chi connectivity index (χ1v) is 6.62. The molecular formula is C16H24O3. The van der Waals surface area contributed by atoms with Crippen molar-refractivity contribution < 1.29 is 14.3 Å². The summed E-state index contributed by atoms with van der Waals surface area (Å²) in [6.45, 7) is 6.51. The van der Waals surface area contributed by atoms with Crippen molar-refractivity contribution >= 4 is 5.97 Å². The molecule has 0 aliphatic rings. The molecule has 0 spiro atoms. The van der Waals surface area contributed by atoms with E-state index in [1.807, 2.05) is 6.07 Å². The van der Waals surface area contributed by atoms with Gasteiger partial charge in [0.25, 0.3) is 0 Å². The van der Waals surface area contributed by atoms with Crippen LogP contribution in [0.4, 0.5) is 0 Å². The predicted molar refractivity (Wildman–Crippen MR) is 76.6 cm³/mol. The summed E-state index contributed by atoms with van der Waals surface area (Å²) in [5.41, 5.74) is 2.48. The molecule has 3 nitrogen and oxygen atoms in total. The molecule has 1 rings (SSSR count). The zero-order valence-corrected chi connectivity index (χ0v) is 12.6. The van der Waals surface area contributed by atoms with Gasteiger partial charge in [-0.3, -0.25) is 4.79 Å². The minimum atomic E-state index is -0.149. The van der Waals surface area contributed by atoms with Crippen LogP contribution in [0.1, 0.15) is 44.7 Å². The normalized spacial score (nSPS) is 11.2. The molecule has 1 aromatic rings. The van der Waals surface area contributed by atoms with Gasteiger partial charge in [0.2, 0.25) is 0 Å². The fourth-order valence-electron chi connectivity index (χ4n) is 2.04. The number of rotatable bonds is 5. The zero-order valence-electron chi connectivity index (χ0n) is 12.6. The Hall–Kier alpha value is -1.51. The molecule has 0 aromatic heterocycles. The average Bonchev–Trinajstić information content (AvgIpc) is 2.37. The van der Waals surface area contributed by atoms with Crippen LogP contribution in [0.5, 0.6) is 5.75 Å². The Kier molecular flexibility index (Phi) is 5.40. The smallest absolute Gasteiger partial charge is 0.305 e. The molecule has 106 valence electrons. The van der Waals surface area contributed by atoms with Crippen LogP contribution < -0.4 is 4.74 Å². The molecular weight excluding hydrogens is 240 g/mol. The van der Waals surface area contributed by atoms with Gasteiger partial charge in [-0.05, 0) is 35.4 Å². The Morgan fingerprint density at radius 1 is 1.21 bits per heavy atom. The maximum atomic E-state index is 11.1. The van der Waals surface area contributed by atoms with Gasteiger partial charge < -0.3 is 9.47 Å². The third-order valence-electron chi connectivity index (χ3n) is 3.15. The molecule has 0 N–H and O–H groups in total. The lowest BCUT2D eigenvalue weighted by atomic mass is 9.85. The van der Waals surface area contributed by atoms with Crippen molar-refractivity contribution in [2.24, 2.45) is 0 Å². The van der Waals surface area contributed by atoms with Crippen LogP contribution in [0.25, 0.3) is 0 Å². The summed E-state index contributed by atoms with van der Waals surface area (Å²) in [4.78, 5) is 11.1. The fourth-order valence-corrected chi connectivity index (χ4v) is 2.04. The number of ether oxygens (including phenoxy) is 2. The summed E-state index contributed by atoms with van der Waals surface area (Å²) in [6.07, 6.45) is 2.15. The molecule has 0 fully saturated rings. The van der Waals surface area contributed by atoms with Gasteiger partial charge in [0, 0.05) is 6.42 Å². The first kappa shape index (κ1) is 15.5. The predicted octanol–water partition coefficient (Wildman–Crippen LogP) is 3.49. The molecule has 0 heterocycles. The SMILES string of the molecule is COC(=O)CCCc1ccc(OC)c(C(C)(C)C)c1. The number of hydrogen-bond acceptors (Lipinski definition) is 3. The number of methoxy groups -OCH3 is 2. The highest BCUT2D eigenvalue weighted by atomic mass is 16.5. The van der Waals surface area contributed by atoms with E-state index in [1.54, 1.807) is 7.11 Å². The van der Waals surface area contributed by atoms with Crippen molar-refractivity contribution in [3.8, 4) is 5.75 Å². The fraction of sp³-hybridized carbons (Fsp3) is 0.562. The first-order chi connectivity index (χ1) is 8.88. The second kappa shape index (κ2) is 6.60. The van der Waals surface area contributed by atoms with Gasteiger partial charge in [0.15, 0.2) is 0 Å². The summed E-state index contributed by atoms with van der Waals surface area (Å²) in [5, 5.41) is 0. The van der Waals surface area contributed by atoms with Crippen molar-refractivity contribution in [1.29, 1.82) is 0 Å². The first-order valence-electron chi connectivity index (χ1n) is 6.62. The van der Waals surface area contributed by atoms with E-state index in [2.05, 4.69) is 37.6 Å². The quantitative estimate of drug-likeness (QED) is 0.764. The van der Waals surface area contributed by atoms with Crippen LogP contribution in [0, 0.1) is 0 Å². The van der Waals surface area contributed by atoms with E-state index in [9.17, 15) is 4.79 Å². The zero-order chi connectivity index (χ0) is 14.5. The lowest BCUT2D eigenvalue weighted by molar-refractivity contribution is -0.140. The van der Waals surface area contributed by atoms with Crippen LogP contribution in [-0.2, 0) is 21.4 Å². The topological polar surface area (TPSA) is 35.5 Å². The van der Waals surface area contributed by atoms with Gasteiger partial charge in [-0.2, -0.15) is 0 Å². The van der Waals surface area contributed by atoms with Gasteiger partial charge in [0.1, 0.15) is 5.75 Å². The summed E-state index contributed by atoms with van der Waals surface area (Å²) >= 11 is 0. The maximum Gasteiger partial charge on any atom is 0.305 e. The Morgan fingerprint density at radius 3 is 2.42 bits per heavy atom. The average molecular weight is 264 g/mol. The van der Waals surface area contributed by atoms with Crippen LogP contribution in [-0.4, -0.2) is 20.2 Å². The van der Waals surface area contributed by atoms with Crippen LogP contribution >= 0.6 is 0 Å². The number of benzene rings is 1. The highest BCUT2D eigenvalue weighted by Gasteiger charge is 2.19. The molecule has 0 atom stereocenters. The molecule has 3 heteroatoms. The highest BCUT2D eigenvalue weighted by Crippen LogP contribution is 2.32. The second-order valence-electron chi connectivity index (χ2n) is 5.71. The van der Waals surface area contributed by atoms with E-state index in [-0.39, 0.29) is 11.4 Å². The van der Waals surface area contributed by atoms with Gasteiger partial charge in [-0.25, -0.2) is 0 Å². The molecule has 0 radical (unpaired) electrons. The van der Waals surface area contributed by atoms with Crippen molar-refractivity contribution in [3.63, 3.8) is 0 Å². The Labute approximate surface area is 115 Å². The number of aryl methyl sites for hydroxylation is 1. The summed E-state index contributed by atoms with van der Waals surface area (Å²) in [7, 11) is 3.12. The second-order valence-corrected chi connectivity index (χ2v) is 5.71. The summed E-state index contributed by atoms with van der Waals surface area (Å²) in [6, 6.07) is 6.25. The lowest BCUT2D eigenvalue weighted by Gasteiger charge is -2.23. The number of esters is 1. The lowest BCUT2D eigenvalue weighted by Crippen LogP contribution is -2.13. The Morgan fingerprint density at radius 2 is 1.89 bits per heavy atom. The number of carbonyl (C=O) groups excluding carboxylic acids is 1. The van der Waals surface area contributed by atoms with E-state index in [1.165, 1.54) is 18.2 Å². The molecule has 0 bridgehead atoms. The molecule has 0 aliphatic carbocycles. The monoisotopic (exact) mass is 264 g/mol. The minimum absolute atomic E-state index is 0.0453. The maximum absolute atomic E-state index is 11.1. The standard InChI is InChI=1S/C16H24O3/c1-16(2,3)13-11-12(9-10-14(13)18-4)7-6-8-15(17)19-5/h9-11H,6-8H2,1-5H3. The van der Waals surface area contributed by atoms with E-state index < -0.39 is 0 Å². The molecule has 0 saturated heterocycles. The van der Waals surface area contributed by atoms with Crippen LogP contribution in [0.15, 0.2) is 18.2 Å². The molecule has 19 heavy (non-hydrogen) atoms. The van der Waals surface area contributed by atoms with Crippen LogP contribution in [0.3, 0.4) is 0 Å². The number of hydrogen-bond donors (Lipinski definition) is 0. The minimum Gasteiger partial charge on any atom is -0.496 e. The molecule has 0 amide bonds. The van der Waals surface area contributed by atoms with E-state index in [4.69, 9.17) is 4.74 Å². The highest BCUT2D eigenvalue weighted by molar-refractivity contribution is 5.69. The third-order valence-corrected chi connectivity index (χ3v) is 3.15. The van der Waals surface area contributed by atoms with Gasteiger partial charge >= 0.3 is 5.97 Å². The van der Waals surface area contributed by atoms with Crippen molar-refractivity contribution in [2.75, 3.05) is 14.2 Å². The Bertz CT molecular complexity index is 430. The van der Waals surface area contributed by atoms with Crippen molar-refractivity contribution in [2.45, 2.75) is 45.4 Å². The van der Waals surface area contributed by atoms with E-state index >= 15 is 0 Å². The molecule has 0 aliphatic heterocycles. The van der Waals surface area contributed by atoms with Gasteiger partial charge in [-0.15, -0.1) is 0 Å². The molecule has 0 saturated carbocycles. The summed E-state index contributed by atoms with van der Waals surface area (Å²) < 4.78 is 10.1. The van der Waals surface area contributed by atoms with Gasteiger partial charge in [0.05, 0.1) is 14.2 Å². The van der Waals surface area contributed by atoms with Crippen LogP contribution in [0.2, 0.25) is 0 Å². The molecule has 1 aromatic carbocycles. The molecule has 0 unspecified atom stereocenters. The van der Waals surface area contributed by atoms with E-state index in [0.29, 0.717) is 6.42 Å².